The van der Waals surface area contributed by atoms with Gasteiger partial charge in [-0.05, 0) is 53.3 Å². The van der Waals surface area contributed by atoms with Crippen molar-refractivity contribution < 1.29 is 9.53 Å². The number of nitrogens with zero attached hydrogens (tertiary/aromatic N) is 2. The maximum absolute atomic E-state index is 11.9. The van der Waals surface area contributed by atoms with E-state index in [1.165, 1.54) is 6.42 Å². The second kappa shape index (κ2) is 5.79. The molecular formula is C15H23N3O2. The molecule has 0 aliphatic carbocycles. The van der Waals surface area contributed by atoms with Crippen molar-refractivity contribution in [2.24, 2.45) is 0 Å². The quantitative estimate of drug-likeness (QED) is 0.902. The summed E-state index contributed by atoms with van der Waals surface area (Å²) in [5.74, 6) is 0.598. The molecule has 2 rings (SSSR count). The minimum absolute atomic E-state index is 0.314. The van der Waals surface area contributed by atoms with E-state index in [9.17, 15) is 4.79 Å². The summed E-state index contributed by atoms with van der Waals surface area (Å²) in [5.41, 5.74) is 0.543. The summed E-state index contributed by atoms with van der Waals surface area (Å²) < 4.78 is 5.28. The molecule has 0 radical (unpaired) electrons. The molecule has 5 nitrogen and oxygen atoms in total. The summed E-state index contributed by atoms with van der Waals surface area (Å²) in [4.78, 5) is 18.5. The van der Waals surface area contributed by atoms with Gasteiger partial charge in [0.25, 0.3) is 0 Å². The van der Waals surface area contributed by atoms with E-state index < -0.39 is 11.7 Å². The van der Waals surface area contributed by atoms with Crippen LogP contribution in [0.4, 0.5) is 10.6 Å². The summed E-state index contributed by atoms with van der Waals surface area (Å²) in [6.07, 6.45) is 3.48. The van der Waals surface area contributed by atoms with E-state index in [0.717, 1.165) is 18.5 Å². The van der Waals surface area contributed by atoms with E-state index in [0.29, 0.717) is 11.9 Å². The third kappa shape index (κ3) is 3.70. The Bertz CT molecular complexity index is 482. The first kappa shape index (κ1) is 14.8. The molecule has 1 fully saturated rings. The van der Waals surface area contributed by atoms with Crippen molar-refractivity contribution in [3.8, 4) is 0 Å². The normalized spacial score (nSPS) is 19.9. The van der Waals surface area contributed by atoms with Gasteiger partial charge in [-0.25, -0.2) is 9.78 Å². The van der Waals surface area contributed by atoms with Gasteiger partial charge in [0.2, 0.25) is 0 Å². The smallest absolute Gasteiger partial charge is 0.413 e. The van der Waals surface area contributed by atoms with Crippen LogP contribution in [0.2, 0.25) is 0 Å². The monoisotopic (exact) mass is 277 g/mol. The van der Waals surface area contributed by atoms with Gasteiger partial charge >= 0.3 is 6.09 Å². The number of carbonyl (C=O) groups is 1. The highest BCUT2D eigenvalue weighted by atomic mass is 16.6. The van der Waals surface area contributed by atoms with Crippen LogP contribution in [0.5, 0.6) is 0 Å². The molecule has 1 N–H and O–H groups in total. The standard InChI is InChI=1S/C15H23N3O2/c1-15(2,3)20-14(19)17-13-11(7-5-9-16-13)12-8-6-10-18(12)4/h5,7,9,12H,6,8,10H2,1-4H3,(H,16,17,19)/t12-/m1/s1. The van der Waals surface area contributed by atoms with Crippen LogP contribution in [0.3, 0.4) is 0 Å². The minimum atomic E-state index is -0.511. The first-order valence-corrected chi connectivity index (χ1v) is 7.02. The molecular weight excluding hydrogens is 254 g/mol. The zero-order valence-electron chi connectivity index (χ0n) is 12.6. The van der Waals surface area contributed by atoms with Crippen molar-refractivity contribution in [1.29, 1.82) is 0 Å². The summed E-state index contributed by atoms with van der Waals surface area (Å²) in [7, 11) is 2.10. The number of nitrogens with one attached hydrogen (secondary N) is 1. The maximum atomic E-state index is 11.9. The number of pyridine rings is 1. The second-order valence-corrected chi connectivity index (χ2v) is 6.21. The van der Waals surface area contributed by atoms with Crippen molar-refractivity contribution >= 4 is 11.9 Å². The Kier molecular flexibility index (Phi) is 4.28. The van der Waals surface area contributed by atoms with Crippen molar-refractivity contribution in [1.82, 2.24) is 9.88 Å². The fourth-order valence-corrected chi connectivity index (χ4v) is 2.49. The average Bonchev–Trinajstić information content (AvgIpc) is 2.73. The Morgan fingerprint density at radius 3 is 2.85 bits per heavy atom. The van der Waals surface area contributed by atoms with Gasteiger partial charge in [0.1, 0.15) is 11.4 Å². The van der Waals surface area contributed by atoms with Gasteiger partial charge in [-0.3, -0.25) is 10.2 Å². The molecule has 1 amide bonds. The van der Waals surface area contributed by atoms with Gasteiger partial charge in [-0.1, -0.05) is 6.07 Å². The first-order chi connectivity index (χ1) is 9.37. The number of aromatic nitrogens is 1. The summed E-state index contributed by atoms with van der Waals surface area (Å²) in [6, 6.07) is 4.24. The summed E-state index contributed by atoms with van der Waals surface area (Å²) in [5, 5.41) is 2.77. The van der Waals surface area contributed by atoms with Crippen LogP contribution in [0, 0.1) is 0 Å². The molecule has 20 heavy (non-hydrogen) atoms. The zero-order valence-corrected chi connectivity index (χ0v) is 12.6. The molecule has 1 aromatic heterocycles. The molecule has 110 valence electrons. The van der Waals surface area contributed by atoms with Gasteiger partial charge < -0.3 is 4.74 Å². The second-order valence-electron chi connectivity index (χ2n) is 6.21. The third-order valence-electron chi connectivity index (χ3n) is 3.34. The molecule has 5 heteroatoms. The van der Waals surface area contributed by atoms with Crippen LogP contribution in [-0.4, -0.2) is 35.2 Å². The predicted octanol–water partition coefficient (Wildman–Crippen LogP) is 3.20. The molecule has 1 saturated heterocycles. The van der Waals surface area contributed by atoms with Gasteiger partial charge in [0.15, 0.2) is 0 Å². The number of hydrogen-bond acceptors (Lipinski definition) is 4. The van der Waals surface area contributed by atoms with Crippen molar-refractivity contribution in [2.45, 2.75) is 45.3 Å². The van der Waals surface area contributed by atoms with Crippen molar-refractivity contribution in [3.63, 3.8) is 0 Å². The molecule has 1 aliphatic rings. The molecule has 0 saturated carbocycles. The average molecular weight is 277 g/mol. The molecule has 0 unspecified atom stereocenters. The molecule has 1 atom stereocenters. The van der Waals surface area contributed by atoms with Crippen molar-refractivity contribution in [2.75, 3.05) is 18.9 Å². The SMILES string of the molecule is CN1CCC[C@@H]1c1cccnc1NC(=O)OC(C)(C)C. The van der Waals surface area contributed by atoms with Crippen LogP contribution in [0.15, 0.2) is 18.3 Å². The number of rotatable bonds is 2. The van der Waals surface area contributed by atoms with E-state index in [-0.39, 0.29) is 0 Å². The van der Waals surface area contributed by atoms with Crippen LogP contribution < -0.4 is 5.32 Å². The Balaban J connectivity index is 2.14. The Morgan fingerprint density at radius 1 is 1.50 bits per heavy atom. The lowest BCUT2D eigenvalue weighted by atomic mass is 10.1. The highest BCUT2D eigenvalue weighted by Crippen LogP contribution is 2.33. The highest BCUT2D eigenvalue weighted by Gasteiger charge is 2.26. The first-order valence-electron chi connectivity index (χ1n) is 7.02. The maximum Gasteiger partial charge on any atom is 0.413 e. The number of ether oxygens (including phenoxy) is 1. The van der Waals surface area contributed by atoms with E-state index in [4.69, 9.17) is 4.74 Å². The molecule has 0 aromatic carbocycles. The van der Waals surface area contributed by atoms with Gasteiger partial charge in [0.05, 0.1) is 0 Å². The largest absolute Gasteiger partial charge is 0.444 e. The van der Waals surface area contributed by atoms with Gasteiger partial charge in [0, 0.05) is 17.8 Å². The zero-order chi connectivity index (χ0) is 14.8. The Hall–Kier alpha value is -1.62. The van der Waals surface area contributed by atoms with Gasteiger partial charge in [-0.2, -0.15) is 0 Å². The van der Waals surface area contributed by atoms with E-state index >= 15 is 0 Å². The molecule has 0 bridgehead atoms. The van der Waals surface area contributed by atoms with Crippen LogP contribution >= 0.6 is 0 Å². The molecule has 0 spiro atoms. The fraction of sp³-hybridized carbons (Fsp3) is 0.600. The van der Waals surface area contributed by atoms with E-state index in [1.807, 2.05) is 32.9 Å². The number of anilines is 1. The predicted molar refractivity (Wildman–Crippen MR) is 78.7 cm³/mol. The molecule has 2 heterocycles. The Labute approximate surface area is 120 Å². The lowest BCUT2D eigenvalue weighted by Crippen LogP contribution is -2.28. The number of hydrogen-bond donors (Lipinski definition) is 1. The molecule has 1 aliphatic heterocycles. The third-order valence-corrected chi connectivity index (χ3v) is 3.34. The fourth-order valence-electron chi connectivity index (χ4n) is 2.49. The lowest BCUT2D eigenvalue weighted by Gasteiger charge is -2.23. The van der Waals surface area contributed by atoms with Gasteiger partial charge in [-0.15, -0.1) is 0 Å². The lowest BCUT2D eigenvalue weighted by molar-refractivity contribution is 0.0635. The summed E-state index contributed by atoms with van der Waals surface area (Å²) >= 11 is 0. The van der Waals surface area contributed by atoms with Crippen LogP contribution in [0.1, 0.15) is 45.2 Å². The highest BCUT2D eigenvalue weighted by molar-refractivity contribution is 5.84. The van der Waals surface area contributed by atoms with Crippen molar-refractivity contribution in [3.05, 3.63) is 23.9 Å². The van der Waals surface area contributed by atoms with E-state index in [2.05, 4.69) is 22.2 Å². The Morgan fingerprint density at radius 2 is 2.25 bits per heavy atom. The van der Waals surface area contributed by atoms with E-state index in [1.54, 1.807) is 6.20 Å². The minimum Gasteiger partial charge on any atom is -0.444 e. The van der Waals surface area contributed by atoms with Crippen LogP contribution in [-0.2, 0) is 4.74 Å². The molecule has 1 aromatic rings. The van der Waals surface area contributed by atoms with Crippen LogP contribution in [0.25, 0.3) is 0 Å². The summed E-state index contributed by atoms with van der Waals surface area (Å²) in [6.45, 7) is 6.61. The number of amides is 1. The number of likely N-dealkylation sites (tertiary alicyclic amines) is 1. The topological polar surface area (TPSA) is 54.5 Å². The number of carbonyl (C=O) groups excluding carboxylic acids is 1.